The largest absolute Gasteiger partial charge is 0.457 e. The Morgan fingerprint density at radius 2 is 2.00 bits per heavy atom. The van der Waals surface area contributed by atoms with E-state index in [4.69, 9.17) is 9.47 Å². The number of anilines is 3. The van der Waals surface area contributed by atoms with Crippen molar-refractivity contribution in [3.63, 3.8) is 0 Å². The van der Waals surface area contributed by atoms with Crippen LogP contribution in [0.3, 0.4) is 0 Å². The first-order valence-corrected chi connectivity index (χ1v) is 15.2. The molecular formula is C32H35N5O5S. The van der Waals surface area contributed by atoms with Gasteiger partial charge < -0.3 is 25.2 Å². The average molecular weight is 602 g/mol. The number of ether oxygens (including phenoxy) is 2. The fourth-order valence-electron chi connectivity index (χ4n) is 5.87. The predicted molar refractivity (Wildman–Crippen MR) is 168 cm³/mol. The lowest BCUT2D eigenvalue weighted by Gasteiger charge is -2.38. The summed E-state index contributed by atoms with van der Waals surface area (Å²) in [6.07, 6.45) is 2.67. The molecule has 4 aromatic rings. The molecule has 11 heteroatoms. The van der Waals surface area contributed by atoms with Gasteiger partial charge in [-0.25, -0.2) is 9.78 Å². The third-order valence-electron chi connectivity index (χ3n) is 7.94. The summed E-state index contributed by atoms with van der Waals surface area (Å²) in [7, 11) is 1.62. The fraction of sp³-hybridized carbons (Fsp3) is 0.344. The van der Waals surface area contributed by atoms with Gasteiger partial charge in [0.05, 0.1) is 29.1 Å². The first kappa shape index (κ1) is 29.1. The van der Waals surface area contributed by atoms with Crippen molar-refractivity contribution >= 4 is 50.6 Å². The van der Waals surface area contributed by atoms with Crippen LogP contribution in [0.5, 0.6) is 11.5 Å². The average Bonchev–Trinajstić information content (AvgIpc) is 3.38. The van der Waals surface area contributed by atoms with Crippen molar-refractivity contribution in [2.75, 3.05) is 37.0 Å². The number of para-hydroxylation sites is 1. The molecule has 0 radical (unpaired) electrons. The molecule has 3 N–H and O–H groups in total. The summed E-state index contributed by atoms with van der Waals surface area (Å²) in [5.74, 6) is 1.09. The number of carbonyl (C=O) groups excluding carboxylic acids is 2. The Morgan fingerprint density at radius 1 is 1.19 bits per heavy atom. The summed E-state index contributed by atoms with van der Waals surface area (Å²) >= 11 is 1.26. The van der Waals surface area contributed by atoms with Crippen molar-refractivity contribution in [2.45, 2.75) is 39.0 Å². The summed E-state index contributed by atoms with van der Waals surface area (Å²) in [6, 6.07) is 16.4. The summed E-state index contributed by atoms with van der Waals surface area (Å²) in [5, 5.41) is 17.6. The lowest BCUT2D eigenvalue weighted by molar-refractivity contribution is -0.0667. The maximum Gasteiger partial charge on any atom is 0.331 e. The number of pyridine rings is 1. The summed E-state index contributed by atoms with van der Waals surface area (Å²) < 4.78 is 11.2. The van der Waals surface area contributed by atoms with Crippen LogP contribution in [-0.4, -0.2) is 66.0 Å². The molecule has 3 amide bonds. The molecule has 2 aliphatic heterocycles. The zero-order valence-electron chi connectivity index (χ0n) is 24.4. The molecule has 2 aliphatic rings. The summed E-state index contributed by atoms with van der Waals surface area (Å²) in [4.78, 5) is 36.4. The number of nitrogens with zero attached hydrogens (tertiary/aromatic N) is 3. The number of nitrogens with one attached hydrogen (secondary N) is 2. The van der Waals surface area contributed by atoms with E-state index in [2.05, 4.69) is 15.6 Å². The Hall–Kier alpha value is -4.03. The number of hydrogen-bond donors (Lipinski definition) is 3. The SMILES string of the molecule is COC[C@@H](C)C(O)N1CCC[C@@H](NC(=O)c2sc3nccc4c3c2NC(=O)N4c2ccc(Oc3ccccc3)cc2C)C1. The van der Waals surface area contributed by atoms with Gasteiger partial charge in [0.15, 0.2) is 0 Å². The van der Waals surface area contributed by atoms with Crippen LogP contribution >= 0.6 is 11.3 Å². The van der Waals surface area contributed by atoms with Crippen LogP contribution < -0.4 is 20.3 Å². The summed E-state index contributed by atoms with van der Waals surface area (Å²) in [5.41, 5.74) is 2.70. The second-order valence-electron chi connectivity index (χ2n) is 11.1. The Balaban J connectivity index is 1.24. The van der Waals surface area contributed by atoms with Crippen molar-refractivity contribution in [1.82, 2.24) is 15.2 Å². The van der Waals surface area contributed by atoms with Gasteiger partial charge in [0.1, 0.15) is 27.4 Å². The van der Waals surface area contributed by atoms with Crippen LogP contribution in [0.4, 0.5) is 21.9 Å². The molecule has 0 bridgehead atoms. The van der Waals surface area contributed by atoms with Gasteiger partial charge in [-0.05, 0) is 61.7 Å². The number of amides is 3. The van der Waals surface area contributed by atoms with Gasteiger partial charge in [0, 0.05) is 38.4 Å². The van der Waals surface area contributed by atoms with Gasteiger partial charge in [-0.2, -0.15) is 0 Å². The minimum atomic E-state index is -0.649. The molecule has 2 aromatic heterocycles. The number of urea groups is 1. The van der Waals surface area contributed by atoms with Crippen molar-refractivity contribution in [2.24, 2.45) is 5.92 Å². The van der Waals surface area contributed by atoms with Crippen LogP contribution in [0.1, 0.15) is 35.0 Å². The van der Waals surface area contributed by atoms with Gasteiger partial charge >= 0.3 is 6.03 Å². The maximum absolute atomic E-state index is 13.6. The van der Waals surface area contributed by atoms with E-state index in [0.29, 0.717) is 45.7 Å². The number of thiophene rings is 1. The zero-order chi connectivity index (χ0) is 30.1. The lowest BCUT2D eigenvalue weighted by Crippen LogP contribution is -2.53. The zero-order valence-corrected chi connectivity index (χ0v) is 25.2. The topological polar surface area (TPSA) is 116 Å². The molecule has 0 aliphatic carbocycles. The standard InChI is InChI=1S/C32H35N5O5S/c1-19-16-23(42-22-9-5-4-6-10-22)11-12-24(19)37-25-13-14-33-30-26(25)27(35-32(37)40)28(43-30)29(38)34-21-8-7-15-36(17-21)31(39)20(2)18-41-3/h4-6,9-14,16,20-21,31,39H,7-8,15,17-18H2,1-3H3,(H,34,38)(H,35,40)/t20-,21-,31?/m1/s1. The Morgan fingerprint density at radius 3 is 2.77 bits per heavy atom. The molecule has 10 nitrogen and oxygen atoms in total. The van der Waals surface area contributed by atoms with Crippen molar-refractivity contribution in [3.8, 4) is 11.5 Å². The molecule has 3 atom stereocenters. The number of aliphatic hydroxyl groups is 1. The van der Waals surface area contributed by atoms with Crippen LogP contribution in [0.2, 0.25) is 0 Å². The Labute approximate surface area is 254 Å². The number of aryl methyl sites for hydroxylation is 1. The Bertz CT molecular complexity index is 1640. The molecule has 1 saturated heterocycles. The summed E-state index contributed by atoms with van der Waals surface area (Å²) in [6.45, 7) is 5.63. The number of aliphatic hydroxyl groups excluding tert-OH is 1. The molecule has 0 spiro atoms. The monoisotopic (exact) mass is 601 g/mol. The van der Waals surface area contributed by atoms with E-state index in [1.165, 1.54) is 11.3 Å². The number of carbonyl (C=O) groups is 2. The molecule has 0 saturated carbocycles. The van der Waals surface area contributed by atoms with Crippen molar-refractivity contribution < 1.29 is 24.2 Å². The highest BCUT2D eigenvalue weighted by Crippen LogP contribution is 2.46. The molecule has 224 valence electrons. The second-order valence-corrected chi connectivity index (χ2v) is 12.1. The van der Waals surface area contributed by atoms with Gasteiger partial charge in [-0.15, -0.1) is 11.3 Å². The fourth-order valence-corrected chi connectivity index (χ4v) is 6.90. The molecule has 4 heterocycles. The number of piperidine rings is 1. The van der Waals surface area contributed by atoms with Crippen LogP contribution in [-0.2, 0) is 4.74 Å². The van der Waals surface area contributed by atoms with E-state index >= 15 is 0 Å². The first-order chi connectivity index (χ1) is 20.8. The van der Waals surface area contributed by atoms with Gasteiger partial charge in [-0.3, -0.25) is 14.6 Å². The third kappa shape index (κ3) is 5.81. The highest BCUT2D eigenvalue weighted by atomic mass is 32.1. The maximum atomic E-state index is 13.6. The van der Waals surface area contributed by atoms with Gasteiger partial charge in [0.2, 0.25) is 0 Å². The van der Waals surface area contributed by atoms with E-state index in [1.807, 2.05) is 67.3 Å². The first-order valence-electron chi connectivity index (χ1n) is 14.4. The predicted octanol–water partition coefficient (Wildman–Crippen LogP) is 5.88. The van der Waals surface area contributed by atoms with Gasteiger partial charge in [0.25, 0.3) is 5.91 Å². The number of rotatable bonds is 9. The number of hydrogen-bond acceptors (Lipinski definition) is 8. The molecule has 43 heavy (non-hydrogen) atoms. The van der Waals surface area contributed by atoms with Crippen molar-refractivity contribution in [3.05, 3.63) is 71.2 Å². The smallest absolute Gasteiger partial charge is 0.331 e. The Kier molecular flexibility index (Phi) is 8.31. The van der Waals surface area contributed by atoms with Crippen LogP contribution in [0.25, 0.3) is 10.2 Å². The van der Waals surface area contributed by atoms with E-state index in [9.17, 15) is 14.7 Å². The molecule has 2 aromatic carbocycles. The van der Waals surface area contributed by atoms with Gasteiger partial charge in [-0.1, -0.05) is 25.1 Å². The van der Waals surface area contributed by atoms with E-state index in [1.54, 1.807) is 24.3 Å². The van der Waals surface area contributed by atoms with Crippen molar-refractivity contribution in [1.29, 1.82) is 0 Å². The van der Waals surface area contributed by atoms with Crippen LogP contribution in [0, 0.1) is 12.8 Å². The molecule has 1 fully saturated rings. The van der Waals surface area contributed by atoms with Crippen LogP contribution in [0.15, 0.2) is 60.8 Å². The third-order valence-corrected chi connectivity index (χ3v) is 9.04. The molecular weight excluding hydrogens is 566 g/mol. The molecule has 6 rings (SSSR count). The quantitative estimate of drug-likeness (QED) is 0.220. The number of aromatic nitrogens is 1. The lowest BCUT2D eigenvalue weighted by atomic mass is 10.0. The number of benzene rings is 2. The normalized spacial score (nSPS) is 18.3. The highest BCUT2D eigenvalue weighted by molar-refractivity contribution is 7.21. The van der Waals surface area contributed by atoms with E-state index in [-0.39, 0.29) is 23.9 Å². The highest BCUT2D eigenvalue weighted by Gasteiger charge is 2.35. The minimum Gasteiger partial charge on any atom is -0.457 e. The number of likely N-dealkylation sites (tertiary alicyclic amines) is 1. The van der Waals surface area contributed by atoms with E-state index in [0.717, 1.165) is 36.1 Å². The number of methoxy groups -OCH3 is 1. The second kappa shape index (κ2) is 12.3. The minimum absolute atomic E-state index is 0.0506. The van der Waals surface area contributed by atoms with E-state index < -0.39 is 6.23 Å². The molecule has 1 unspecified atom stereocenters.